The van der Waals surface area contributed by atoms with E-state index in [-0.39, 0.29) is 40.0 Å². The summed E-state index contributed by atoms with van der Waals surface area (Å²) in [6.45, 7) is 1.05. The van der Waals surface area contributed by atoms with E-state index in [2.05, 4.69) is 5.32 Å². The second-order valence-electron chi connectivity index (χ2n) is 5.77. The summed E-state index contributed by atoms with van der Waals surface area (Å²) in [6, 6.07) is 5.41. The van der Waals surface area contributed by atoms with Gasteiger partial charge in [-0.15, -0.1) is 0 Å². The highest BCUT2D eigenvalue weighted by molar-refractivity contribution is 7.89. The molecule has 150 valence electrons. The molecule has 3 rings (SSSR count). The fourth-order valence-electron chi connectivity index (χ4n) is 2.63. The molecule has 0 radical (unpaired) electrons. The molecule has 0 unspecified atom stereocenters. The predicted octanol–water partition coefficient (Wildman–Crippen LogP) is 1.94. The maximum Gasteiger partial charge on any atom is 0.324 e. The zero-order valence-corrected chi connectivity index (χ0v) is 16.4. The Morgan fingerprint density at radius 1 is 1.32 bits per heavy atom. The Balaban J connectivity index is 1.87. The van der Waals surface area contributed by atoms with E-state index in [9.17, 15) is 23.3 Å². The van der Waals surface area contributed by atoms with Crippen LogP contribution in [0.5, 0.6) is 5.75 Å². The van der Waals surface area contributed by atoms with E-state index < -0.39 is 20.9 Å². The van der Waals surface area contributed by atoms with Gasteiger partial charge in [-0.25, -0.2) is 8.42 Å². The van der Waals surface area contributed by atoms with Crippen LogP contribution in [0.15, 0.2) is 34.5 Å². The van der Waals surface area contributed by atoms with Crippen molar-refractivity contribution in [1.82, 2.24) is 4.31 Å². The Kier molecular flexibility index (Phi) is 5.93. The smallest absolute Gasteiger partial charge is 0.324 e. The minimum Gasteiger partial charge on any atom is -0.495 e. The molecule has 1 aromatic heterocycles. The number of nitrogens with one attached hydrogen (secondary N) is 1. The lowest BCUT2D eigenvalue weighted by Gasteiger charge is -2.26. The van der Waals surface area contributed by atoms with Crippen LogP contribution in [0.4, 0.5) is 10.7 Å². The van der Waals surface area contributed by atoms with Crippen molar-refractivity contribution in [2.45, 2.75) is 4.90 Å². The van der Waals surface area contributed by atoms with E-state index >= 15 is 0 Å². The number of morpholine rings is 1. The molecule has 0 spiro atoms. The lowest BCUT2D eigenvalue weighted by molar-refractivity contribution is -0.380. The normalized spacial score (nSPS) is 15.2. The fourth-order valence-corrected chi connectivity index (χ4v) is 4.92. The van der Waals surface area contributed by atoms with Crippen molar-refractivity contribution in [2.75, 3.05) is 38.7 Å². The number of carbonyl (C=O) groups is 1. The number of hydrogen-bond donors (Lipinski definition) is 1. The average molecular weight is 427 g/mol. The summed E-state index contributed by atoms with van der Waals surface area (Å²) in [7, 11) is -2.49. The number of nitro groups is 1. The summed E-state index contributed by atoms with van der Waals surface area (Å²) in [5.74, 6) is -0.431. The lowest BCUT2D eigenvalue weighted by atomic mass is 10.2. The third kappa shape index (κ3) is 4.14. The first kappa shape index (κ1) is 20.2. The van der Waals surface area contributed by atoms with Crippen LogP contribution in [-0.2, 0) is 14.8 Å². The third-order valence-electron chi connectivity index (χ3n) is 4.04. The molecular weight excluding hydrogens is 410 g/mol. The van der Waals surface area contributed by atoms with Gasteiger partial charge in [0.25, 0.3) is 5.91 Å². The Bertz CT molecular complexity index is 997. The zero-order chi connectivity index (χ0) is 20.3. The van der Waals surface area contributed by atoms with E-state index in [1.165, 1.54) is 35.0 Å². The third-order valence-corrected chi connectivity index (χ3v) is 6.84. The van der Waals surface area contributed by atoms with Crippen molar-refractivity contribution in [3.8, 4) is 5.75 Å². The second-order valence-corrected chi connectivity index (χ2v) is 8.56. The number of sulfonamides is 1. The molecule has 0 atom stereocenters. The molecule has 1 aromatic carbocycles. The Labute approximate surface area is 164 Å². The first-order chi connectivity index (χ1) is 13.3. The molecule has 1 fully saturated rings. The highest BCUT2D eigenvalue weighted by Crippen LogP contribution is 2.31. The number of anilines is 1. The number of amides is 1. The standard InChI is InChI=1S/C16H17N3O7S2/c1-25-13-3-2-12(17-16(20)11-8-15(19(21)22)27-10-11)9-14(13)28(23,24)18-4-6-26-7-5-18/h2-3,8-10H,4-7H2,1H3,(H,17,20). The number of nitrogens with zero attached hydrogens (tertiary/aromatic N) is 2. The van der Waals surface area contributed by atoms with Crippen LogP contribution in [0, 0.1) is 10.1 Å². The van der Waals surface area contributed by atoms with Crippen LogP contribution in [-0.4, -0.2) is 57.0 Å². The van der Waals surface area contributed by atoms with Crippen molar-refractivity contribution >= 4 is 38.0 Å². The van der Waals surface area contributed by atoms with Gasteiger partial charge in [0.05, 0.1) is 30.8 Å². The van der Waals surface area contributed by atoms with Crippen molar-refractivity contribution in [3.05, 3.63) is 45.3 Å². The fraction of sp³-hybridized carbons (Fsp3) is 0.312. The largest absolute Gasteiger partial charge is 0.495 e. The number of hydrogen-bond acceptors (Lipinski definition) is 8. The zero-order valence-electron chi connectivity index (χ0n) is 14.8. The first-order valence-corrected chi connectivity index (χ1v) is 10.4. The number of thiophene rings is 1. The van der Waals surface area contributed by atoms with E-state index in [0.29, 0.717) is 13.2 Å². The molecule has 0 saturated carbocycles. The molecule has 10 nitrogen and oxygen atoms in total. The maximum absolute atomic E-state index is 13.0. The topological polar surface area (TPSA) is 128 Å². The van der Waals surface area contributed by atoms with Gasteiger partial charge in [-0.2, -0.15) is 4.31 Å². The number of rotatable bonds is 6. The van der Waals surface area contributed by atoms with E-state index in [1.54, 1.807) is 0 Å². The molecule has 0 bridgehead atoms. The summed E-state index contributed by atoms with van der Waals surface area (Å²) in [5, 5.41) is 14.5. The van der Waals surface area contributed by atoms with Crippen LogP contribution in [0.1, 0.15) is 10.4 Å². The van der Waals surface area contributed by atoms with E-state index in [0.717, 1.165) is 17.4 Å². The van der Waals surface area contributed by atoms with Crippen molar-refractivity contribution in [3.63, 3.8) is 0 Å². The molecule has 1 amide bonds. The van der Waals surface area contributed by atoms with Gasteiger partial charge in [0.2, 0.25) is 10.0 Å². The Morgan fingerprint density at radius 3 is 2.64 bits per heavy atom. The Morgan fingerprint density at radius 2 is 2.04 bits per heavy atom. The van der Waals surface area contributed by atoms with Crippen LogP contribution in [0.2, 0.25) is 0 Å². The van der Waals surface area contributed by atoms with Crippen molar-refractivity contribution in [1.29, 1.82) is 0 Å². The number of ether oxygens (including phenoxy) is 2. The SMILES string of the molecule is COc1ccc(NC(=O)c2csc([N+](=O)[O-])c2)cc1S(=O)(=O)N1CCOCC1. The predicted molar refractivity (Wildman–Crippen MR) is 101 cm³/mol. The summed E-state index contributed by atoms with van der Waals surface area (Å²) in [4.78, 5) is 22.4. The van der Waals surface area contributed by atoms with Crippen LogP contribution < -0.4 is 10.1 Å². The van der Waals surface area contributed by atoms with E-state index in [4.69, 9.17) is 9.47 Å². The molecule has 12 heteroatoms. The van der Waals surface area contributed by atoms with Gasteiger partial charge < -0.3 is 14.8 Å². The molecule has 1 saturated heterocycles. The van der Waals surface area contributed by atoms with Gasteiger partial charge >= 0.3 is 5.00 Å². The van der Waals surface area contributed by atoms with Crippen molar-refractivity contribution < 1.29 is 27.6 Å². The van der Waals surface area contributed by atoms with Crippen molar-refractivity contribution in [2.24, 2.45) is 0 Å². The van der Waals surface area contributed by atoms with Gasteiger partial charge in [-0.3, -0.25) is 14.9 Å². The Hall–Kier alpha value is -2.54. The van der Waals surface area contributed by atoms with Gasteiger partial charge in [-0.1, -0.05) is 11.3 Å². The van der Waals surface area contributed by atoms with Gasteiger partial charge in [0, 0.05) is 30.2 Å². The van der Waals surface area contributed by atoms with E-state index in [1.807, 2.05) is 0 Å². The minimum atomic E-state index is -3.85. The van der Waals surface area contributed by atoms with Gasteiger partial charge in [0.15, 0.2) is 0 Å². The molecular formula is C16H17N3O7S2. The lowest BCUT2D eigenvalue weighted by Crippen LogP contribution is -2.40. The summed E-state index contributed by atoms with van der Waals surface area (Å²) < 4.78 is 37.6. The molecule has 1 aliphatic heterocycles. The summed E-state index contributed by atoms with van der Waals surface area (Å²) in [6.07, 6.45) is 0. The molecule has 1 aliphatic rings. The van der Waals surface area contributed by atoms with Crippen LogP contribution >= 0.6 is 11.3 Å². The summed E-state index contributed by atoms with van der Waals surface area (Å²) >= 11 is 0.834. The highest BCUT2D eigenvalue weighted by atomic mass is 32.2. The number of methoxy groups -OCH3 is 1. The van der Waals surface area contributed by atoms with Crippen LogP contribution in [0.25, 0.3) is 0 Å². The van der Waals surface area contributed by atoms with Gasteiger partial charge in [-0.05, 0) is 18.2 Å². The molecule has 1 N–H and O–H groups in total. The molecule has 2 aromatic rings. The monoisotopic (exact) mass is 427 g/mol. The number of benzene rings is 1. The maximum atomic E-state index is 13.0. The number of carbonyl (C=O) groups excluding carboxylic acids is 1. The van der Waals surface area contributed by atoms with Crippen LogP contribution in [0.3, 0.4) is 0 Å². The highest BCUT2D eigenvalue weighted by Gasteiger charge is 2.29. The summed E-state index contributed by atoms with van der Waals surface area (Å²) in [5.41, 5.74) is 0.344. The quantitative estimate of drug-likeness (QED) is 0.551. The molecule has 0 aliphatic carbocycles. The average Bonchev–Trinajstić information content (AvgIpc) is 3.19. The second kappa shape index (κ2) is 8.22. The minimum absolute atomic E-state index is 0.0778. The molecule has 2 heterocycles. The first-order valence-electron chi connectivity index (χ1n) is 8.13. The molecule has 28 heavy (non-hydrogen) atoms. The van der Waals surface area contributed by atoms with Gasteiger partial charge in [0.1, 0.15) is 10.6 Å².